The third-order valence-corrected chi connectivity index (χ3v) is 3.26. The molecular formula is C17H16N4O3S. The van der Waals surface area contributed by atoms with Gasteiger partial charge in [-0.3, -0.25) is 15.5 Å². The number of ether oxygens (including phenoxy) is 1. The summed E-state index contributed by atoms with van der Waals surface area (Å²) < 4.78 is 5.13. The molecule has 0 bridgehead atoms. The predicted octanol–water partition coefficient (Wildman–Crippen LogP) is 3.59. The Balaban J connectivity index is 1.88. The van der Waals surface area contributed by atoms with Crippen LogP contribution in [0.1, 0.15) is 5.56 Å². The van der Waals surface area contributed by atoms with Crippen molar-refractivity contribution in [2.24, 2.45) is 5.10 Å². The van der Waals surface area contributed by atoms with Gasteiger partial charge in [0.05, 0.1) is 17.6 Å². The van der Waals surface area contributed by atoms with Crippen LogP contribution in [0.25, 0.3) is 6.08 Å². The lowest BCUT2D eigenvalue weighted by atomic mass is 10.2. The summed E-state index contributed by atoms with van der Waals surface area (Å²) in [5, 5.41) is 18.1. The molecule has 25 heavy (non-hydrogen) atoms. The highest BCUT2D eigenvalue weighted by Gasteiger charge is 2.08. The number of hydrazone groups is 1. The third kappa shape index (κ3) is 5.70. The maximum atomic E-state index is 10.9. The first-order chi connectivity index (χ1) is 12.1. The van der Waals surface area contributed by atoms with E-state index in [4.69, 9.17) is 17.0 Å². The van der Waals surface area contributed by atoms with Gasteiger partial charge >= 0.3 is 0 Å². The van der Waals surface area contributed by atoms with Gasteiger partial charge in [-0.05, 0) is 42.6 Å². The average molecular weight is 356 g/mol. The van der Waals surface area contributed by atoms with Crippen molar-refractivity contribution in [2.75, 3.05) is 12.4 Å². The summed E-state index contributed by atoms with van der Waals surface area (Å²) >= 11 is 5.12. The molecule has 2 rings (SSSR count). The fourth-order valence-electron chi connectivity index (χ4n) is 1.94. The molecule has 0 fully saturated rings. The number of para-hydroxylation sites is 1. The topological polar surface area (TPSA) is 88.8 Å². The minimum Gasteiger partial charge on any atom is -0.497 e. The zero-order chi connectivity index (χ0) is 18.1. The molecule has 0 aliphatic carbocycles. The summed E-state index contributed by atoms with van der Waals surface area (Å²) in [5.74, 6) is 0.712. The van der Waals surface area contributed by atoms with Crippen LogP contribution in [0.5, 0.6) is 5.75 Å². The summed E-state index contributed by atoms with van der Waals surface area (Å²) in [6.07, 6.45) is 4.64. The number of allylic oxidation sites excluding steroid dienone is 1. The molecule has 0 heterocycles. The number of hydrogen-bond acceptors (Lipinski definition) is 5. The Bertz CT molecular complexity index is 821. The molecule has 0 aliphatic rings. The van der Waals surface area contributed by atoms with Crippen molar-refractivity contribution < 1.29 is 9.66 Å². The van der Waals surface area contributed by atoms with Gasteiger partial charge in [0, 0.05) is 24.0 Å². The molecule has 0 unspecified atom stereocenters. The standard InChI is InChI=1S/C17H16N4O3S/c1-24-15-9-4-8-14(12-15)19-17(25)20-18-11-5-7-13-6-2-3-10-16(13)21(22)23/h2-12H,1H3,(H2,19,20,25)/b7-5+,18-11-. The van der Waals surface area contributed by atoms with Crippen LogP contribution in [0, 0.1) is 10.1 Å². The van der Waals surface area contributed by atoms with Crippen molar-refractivity contribution in [1.82, 2.24) is 5.43 Å². The molecule has 128 valence electrons. The maximum Gasteiger partial charge on any atom is 0.276 e. The number of nitrogens with zero attached hydrogens (tertiary/aromatic N) is 2. The number of thiocarbonyl (C=S) groups is 1. The van der Waals surface area contributed by atoms with E-state index >= 15 is 0 Å². The number of nitrogens with one attached hydrogen (secondary N) is 2. The van der Waals surface area contributed by atoms with Crippen molar-refractivity contribution in [1.29, 1.82) is 0 Å². The van der Waals surface area contributed by atoms with E-state index in [-0.39, 0.29) is 5.69 Å². The summed E-state index contributed by atoms with van der Waals surface area (Å²) in [6, 6.07) is 13.8. The Hall–Kier alpha value is -3.26. The second-order valence-corrected chi connectivity index (χ2v) is 5.16. The largest absolute Gasteiger partial charge is 0.497 e. The first-order valence-corrected chi connectivity index (χ1v) is 7.65. The van der Waals surface area contributed by atoms with Crippen LogP contribution in [-0.4, -0.2) is 23.4 Å². The summed E-state index contributed by atoms with van der Waals surface area (Å²) in [7, 11) is 1.59. The van der Waals surface area contributed by atoms with Gasteiger partial charge in [0.15, 0.2) is 5.11 Å². The van der Waals surface area contributed by atoms with E-state index in [0.29, 0.717) is 16.4 Å². The van der Waals surface area contributed by atoms with Gasteiger partial charge in [-0.15, -0.1) is 0 Å². The Morgan fingerprint density at radius 2 is 2.08 bits per heavy atom. The Kier molecular flexibility index (Phi) is 6.61. The summed E-state index contributed by atoms with van der Waals surface area (Å²) in [4.78, 5) is 10.5. The van der Waals surface area contributed by atoms with Crippen molar-refractivity contribution in [3.8, 4) is 5.75 Å². The number of nitro benzene ring substituents is 1. The normalized spacial score (nSPS) is 10.8. The van der Waals surface area contributed by atoms with E-state index in [2.05, 4.69) is 15.8 Å². The molecule has 2 N–H and O–H groups in total. The van der Waals surface area contributed by atoms with Crippen molar-refractivity contribution >= 4 is 41.0 Å². The lowest BCUT2D eigenvalue weighted by Crippen LogP contribution is -2.23. The lowest BCUT2D eigenvalue weighted by molar-refractivity contribution is -0.385. The van der Waals surface area contributed by atoms with Crippen LogP contribution in [0.4, 0.5) is 11.4 Å². The average Bonchev–Trinajstić information content (AvgIpc) is 2.61. The first kappa shape index (κ1) is 18.1. The van der Waals surface area contributed by atoms with E-state index in [1.54, 1.807) is 43.5 Å². The number of hydrogen-bond donors (Lipinski definition) is 2. The predicted molar refractivity (Wildman–Crippen MR) is 103 cm³/mol. The molecule has 7 nitrogen and oxygen atoms in total. The number of benzene rings is 2. The molecule has 2 aromatic rings. The van der Waals surface area contributed by atoms with E-state index in [1.807, 2.05) is 18.2 Å². The van der Waals surface area contributed by atoms with E-state index in [0.717, 1.165) is 5.69 Å². The number of anilines is 1. The summed E-state index contributed by atoms with van der Waals surface area (Å²) in [6.45, 7) is 0. The van der Waals surface area contributed by atoms with Gasteiger partial charge in [-0.25, -0.2) is 0 Å². The van der Waals surface area contributed by atoms with Gasteiger partial charge in [0.2, 0.25) is 0 Å². The fraction of sp³-hybridized carbons (Fsp3) is 0.0588. The second-order valence-electron chi connectivity index (χ2n) is 4.75. The van der Waals surface area contributed by atoms with Gasteiger partial charge in [-0.1, -0.05) is 18.2 Å². The number of methoxy groups -OCH3 is 1. The molecule has 0 spiro atoms. The quantitative estimate of drug-likeness (QED) is 0.356. The minimum absolute atomic E-state index is 0.0373. The molecule has 0 saturated carbocycles. The maximum absolute atomic E-state index is 10.9. The number of rotatable bonds is 6. The van der Waals surface area contributed by atoms with Crippen LogP contribution < -0.4 is 15.5 Å². The molecule has 0 aromatic heterocycles. The van der Waals surface area contributed by atoms with Crippen molar-refractivity contribution in [2.45, 2.75) is 0 Å². The Labute approximate surface area is 150 Å². The molecule has 0 saturated heterocycles. The van der Waals surface area contributed by atoms with Crippen molar-refractivity contribution in [3.63, 3.8) is 0 Å². The van der Waals surface area contributed by atoms with Gasteiger partial charge in [-0.2, -0.15) is 5.10 Å². The Morgan fingerprint density at radius 3 is 2.84 bits per heavy atom. The molecule has 0 radical (unpaired) electrons. The van der Waals surface area contributed by atoms with Crippen LogP contribution >= 0.6 is 12.2 Å². The van der Waals surface area contributed by atoms with E-state index < -0.39 is 4.92 Å². The highest BCUT2D eigenvalue weighted by molar-refractivity contribution is 7.80. The van der Waals surface area contributed by atoms with Crippen LogP contribution in [-0.2, 0) is 0 Å². The highest BCUT2D eigenvalue weighted by atomic mass is 32.1. The zero-order valence-corrected chi connectivity index (χ0v) is 14.2. The molecule has 0 aliphatic heterocycles. The first-order valence-electron chi connectivity index (χ1n) is 7.24. The van der Waals surface area contributed by atoms with E-state index in [9.17, 15) is 10.1 Å². The monoisotopic (exact) mass is 356 g/mol. The smallest absolute Gasteiger partial charge is 0.276 e. The number of nitro groups is 1. The van der Waals surface area contributed by atoms with Gasteiger partial charge < -0.3 is 10.1 Å². The van der Waals surface area contributed by atoms with Gasteiger partial charge in [0.1, 0.15) is 5.75 Å². The SMILES string of the molecule is COc1cccc(NC(=S)N/N=C\C=C\c2ccccc2[N+](=O)[O-])c1. The molecular weight excluding hydrogens is 340 g/mol. The third-order valence-electron chi connectivity index (χ3n) is 3.06. The van der Waals surface area contributed by atoms with E-state index in [1.165, 1.54) is 12.3 Å². The van der Waals surface area contributed by atoms with Crippen LogP contribution in [0.3, 0.4) is 0 Å². The van der Waals surface area contributed by atoms with Crippen LogP contribution in [0.2, 0.25) is 0 Å². The lowest BCUT2D eigenvalue weighted by Gasteiger charge is -2.07. The molecule has 8 heteroatoms. The minimum atomic E-state index is -0.428. The second kappa shape index (κ2) is 9.14. The highest BCUT2D eigenvalue weighted by Crippen LogP contribution is 2.18. The van der Waals surface area contributed by atoms with Crippen molar-refractivity contribution in [3.05, 3.63) is 70.3 Å². The molecule has 0 amide bonds. The zero-order valence-electron chi connectivity index (χ0n) is 13.4. The fourth-order valence-corrected chi connectivity index (χ4v) is 2.11. The Morgan fingerprint density at radius 1 is 1.28 bits per heavy atom. The molecule has 0 atom stereocenters. The van der Waals surface area contributed by atoms with Crippen LogP contribution in [0.15, 0.2) is 59.7 Å². The summed E-state index contributed by atoms with van der Waals surface area (Å²) in [5.41, 5.74) is 3.96. The van der Waals surface area contributed by atoms with Gasteiger partial charge in [0.25, 0.3) is 5.69 Å². The molecule has 2 aromatic carbocycles.